The second-order valence-corrected chi connectivity index (χ2v) is 5.04. The molecule has 9 heteroatoms. The number of carbonyl (C=O) groups is 2. The number of nitrogens with two attached hydrogens (primary N) is 1. The van der Waals surface area contributed by atoms with E-state index in [9.17, 15) is 14.4 Å². The van der Waals surface area contributed by atoms with E-state index < -0.39 is 18.1 Å². The zero-order valence-corrected chi connectivity index (χ0v) is 14.5. The number of primary amides is 1. The van der Waals surface area contributed by atoms with Crippen molar-refractivity contribution in [2.75, 3.05) is 13.1 Å². The second-order valence-electron chi connectivity index (χ2n) is 5.04. The van der Waals surface area contributed by atoms with Crippen molar-refractivity contribution in [1.82, 2.24) is 5.32 Å². The summed E-state index contributed by atoms with van der Waals surface area (Å²) >= 11 is 0. The number of amides is 2. The van der Waals surface area contributed by atoms with Gasteiger partial charge in [-0.3, -0.25) is 4.79 Å². The SMILES string of the molecule is CC[C@@H](O)CC(N)=O.CC[C@@H](O)CN=C=O.CC[C@@H]1CNC(=O)O1.[H+]. The molecule has 1 rings (SSSR count). The summed E-state index contributed by atoms with van der Waals surface area (Å²) < 4.78 is 4.76. The van der Waals surface area contributed by atoms with E-state index in [1.165, 1.54) is 6.08 Å². The van der Waals surface area contributed by atoms with E-state index in [4.69, 9.17) is 20.7 Å². The van der Waals surface area contributed by atoms with Crippen molar-refractivity contribution >= 4 is 18.1 Å². The van der Waals surface area contributed by atoms with Gasteiger partial charge in [-0.1, -0.05) is 20.8 Å². The fourth-order valence-electron chi connectivity index (χ4n) is 1.31. The maximum absolute atomic E-state index is 10.3. The predicted octanol–water partition coefficient (Wildman–Crippen LogP) is 0.343. The molecule has 1 aliphatic heterocycles. The van der Waals surface area contributed by atoms with Crippen molar-refractivity contribution in [1.29, 1.82) is 0 Å². The summed E-state index contributed by atoms with van der Waals surface area (Å²) in [6.07, 6.45) is 2.35. The molecule has 0 aromatic heterocycles. The summed E-state index contributed by atoms with van der Waals surface area (Å²) in [5, 5.41) is 20.0. The molecule has 24 heavy (non-hydrogen) atoms. The Bertz CT molecular complexity index is 395. The van der Waals surface area contributed by atoms with E-state index in [1.807, 2.05) is 13.8 Å². The van der Waals surface area contributed by atoms with Crippen molar-refractivity contribution in [2.45, 2.75) is 64.8 Å². The number of carbonyl (C=O) groups excluding carboxylic acids is 3. The molecule has 0 bridgehead atoms. The van der Waals surface area contributed by atoms with Crippen LogP contribution in [0.1, 0.15) is 47.9 Å². The Kier molecular flexibility index (Phi) is 16.1. The average molecular weight is 348 g/mol. The van der Waals surface area contributed by atoms with Crippen LogP contribution in [0.4, 0.5) is 4.79 Å². The largest absolute Gasteiger partial charge is 1.00 e. The minimum absolute atomic E-state index is 0. The summed E-state index contributed by atoms with van der Waals surface area (Å²) in [4.78, 5) is 32.9. The summed E-state index contributed by atoms with van der Waals surface area (Å²) in [5.41, 5.74) is 4.77. The molecule has 0 unspecified atom stereocenters. The van der Waals surface area contributed by atoms with Crippen LogP contribution in [0.25, 0.3) is 0 Å². The number of hydrogen-bond donors (Lipinski definition) is 4. The number of nitrogens with one attached hydrogen (secondary N) is 1. The van der Waals surface area contributed by atoms with Gasteiger partial charge in [0.1, 0.15) is 6.10 Å². The Morgan fingerprint density at radius 1 is 1.42 bits per heavy atom. The standard InChI is InChI=1S/2C5H9NO2.C5H11NO2/c1-2-4-3-6-5(7)8-4;1-2-5(8)3-6-4-7;1-2-4(7)3-5(6)8/h4H,2-3H2,1H3,(H,6,7);5,8H,2-3H2,1H3;4,7H,2-3H2,1H3,(H2,6,8)/p+1/t4-;5-;4-/m111/s1. The van der Waals surface area contributed by atoms with Crippen LogP contribution in [0, 0.1) is 0 Å². The number of ether oxygens (including phenoxy) is 1. The van der Waals surface area contributed by atoms with Gasteiger partial charge < -0.3 is 26.0 Å². The molecule has 1 saturated heterocycles. The first-order valence-electron chi connectivity index (χ1n) is 7.93. The van der Waals surface area contributed by atoms with Crippen molar-refractivity contribution in [3.8, 4) is 0 Å². The van der Waals surface area contributed by atoms with Gasteiger partial charge in [0, 0.05) is 0 Å². The van der Waals surface area contributed by atoms with Gasteiger partial charge in [0.05, 0.1) is 31.7 Å². The molecule has 3 atom stereocenters. The number of aliphatic hydroxyl groups is 2. The van der Waals surface area contributed by atoms with Crippen molar-refractivity contribution < 1.29 is 30.8 Å². The lowest BCUT2D eigenvalue weighted by Gasteiger charge is -2.01. The summed E-state index contributed by atoms with van der Waals surface area (Å²) in [6, 6.07) is 0. The second kappa shape index (κ2) is 15.9. The lowest BCUT2D eigenvalue weighted by molar-refractivity contribution is -0.119. The molecule has 1 heterocycles. The zero-order valence-electron chi connectivity index (χ0n) is 15.5. The molecule has 0 aromatic carbocycles. The lowest BCUT2D eigenvalue weighted by Crippen LogP contribution is -2.18. The average Bonchev–Trinajstić information content (AvgIpc) is 2.98. The molecule has 0 radical (unpaired) electrons. The van der Waals surface area contributed by atoms with Crippen LogP contribution in [0.15, 0.2) is 4.99 Å². The maximum Gasteiger partial charge on any atom is 1.00 e. The van der Waals surface area contributed by atoms with Crippen molar-refractivity contribution in [2.24, 2.45) is 10.7 Å². The highest BCUT2D eigenvalue weighted by molar-refractivity contribution is 5.74. The van der Waals surface area contributed by atoms with Gasteiger partial charge in [-0.05, 0) is 19.3 Å². The van der Waals surface area contributed by atoms with E-state index in [0.29, 0.717) is 19.4 Å². The number of aliphatic hydroxyl groups excluding tert-OH is 2. The normalized spacial score (nSPS) is 17.5. The van der Waals surface area contributed by atoms with Gasteiger partial charge in [-0.2, -0.15) is 0 Å². The fraction of sp³-hybridized carbons (Fsp3) is 0.800. The lowest BCUT2D eigenvalue weighted by atomic mass is 10.2. The van der Waals surface area contributed by atoms with Crippen molar-refractivity contribution in [3.05, 3.63) is 0 Å². The molecule has 9 nitrogen and oxygen atoms in total. The van der Waals surface area contributed by atoms with Crippen LogP contribution >= 0.6 is 0 Å². The Morgan fingerprint density at radius 3 is 2.25 bits per heavy atom. The number of rotatable bonds is 7. The number of hydrogen-bond acceptors (Lipinski definition) is 7. The minimum atomic E-state index is -0.549. The van der Waals surface area contributed by atoms with E-state index in [1.54, 1.807) is 6.92 Å². The van der Waals surface area contributed by atoms with E-state index >= 15 is 0 Å². The molecule has 140 valence electrons. The Balaban J connectivity index is -0.000000285. The molecule has 0 saturated carbocycles. The number of nitrogens with zero attached hydrogens (tertiary/aromatic N) is 1. The Labute approximate surface area is 143 Å². The molecule has 5 N–H and O–H groups in total. The summed E-state index contributed by atoms with van der Waals surface area (Å²) in [5.74, 6) is -0.445. The summed E-state index contributed by atoms with van der Waals surface area (Å²) in [6.45, 7) is 6.47. The molecule has 0 spiro atoms. The third kappa shape index (κ3) is 16.4. The molecule has 1 aliphatic rings. The van der Waals surface area contributed by atoms with Gasteiger partial charge in [0.2, 0.25) is 12.0 Å². The highest BCUT2D eigenvalue weighted by atomic mass is 16.6. The molecular formula is C15H30N3O6+. The van der Waals surface area contributed by atoms with Crippen LogP contribution in [0.5, 0.6) is 0 Å². The first kappa shape index (κ1) is 24.3. The minimum Gasteiger partial charge on any atom is -0.444 e. The Morgan fingerprint density at radius 2 is 2.00 bits per heavy atom. The predicted molar refractivity (Wildman–Crippen MR) is 89.1 cm³/mol. The van der Waals surface area contributed by atoms with Gasteiger partial charge in [0.25, 0.3) is 0 Å². The van der Waals surface area contributed by atoms with Crippen LogP contribution in [0.2, 0.25) is 0 Å². The van der Waals surface area contributed by atoms with Gasteiger partial charge in [-0.15, -0.1) is 0 Å². The van der Waals surface area contributed by atoms with Gasteiger partial charge in [0.15, 0.2) is 0 Å². The van der Waals surface area contributed by atoms with Crippen LogP contribution in [-0.2, 0) is 14.3 Å². The number of aliphatic imine (C=N–C) groups is 1. The van der Waals surface area contributed by atoms with E-state index in [2.05, 4.69) is 10.3 Å². The first-order valence-corrected chi connectivity index (χ1v) is 7.93. The molecular weight excluding hydrogens is 318 g/mol. The zero-order chi connectivity index (χ0) is 19.0. The molecule has 0 aliphatic carbocycles. The molecule has 0 aromatic rings. The number of alkyl carbamates (subject to hydrolysis) is 1. The topological polar surface area (TPSA) is 151 Å². The number of cyclic esters (lactones) is 1. The Hall–Kier alpha value is -1.96. The summed E-state index contributed by atoms with van der Waals surface area (Å²) in [7, 11) is 0. The van der Waals surface area contributed by atoms with Gasteiger partial charge in [-0.25, -0.2) is 14.6 Å². The maximum atomic E-state index is 10.3. The first-order chi connectivity index (χ1) is 11.3. The van der Waals surface area contributed by atoms with Crippen LogP contribution in [0.3, 0.4) is 0 Å². The highest BCUT2D eigenvalue weighted by Crippen LogP contribution is 2.02. The quantitative estimate of drug-likeness (QED) is 0.385. The van der Waals surface area contributed by atoms with Crippen LogP contribution < -0.4 is 11.1 Å². The van der Waals surface area contributed by atoms with E-state index in [0.717, 1.165) is 6.42 Å². The van der Waals surface area contributed by atoms with E-state index in [-0.39, 0.29) is 26.6 Å². The smallest absolute Gasteiger partial charge is 0.444 e. The fourth-order valence-corrected chi connectivity index (χ4v) is 1.31. The third-order valence-electron chi connectivity index (χ3n) is 2.95. The van der Waals surface area contributed by atoms with Crippen LogP contribution in [-0.4, -0.2) is 59.7 Å². The molecule has 2 amide bonds. The number of isocyanates is 1. The van der Waals surface area contributed by atoms with Gasteiger partial charge >= 0.3 is 7.52 Å². The monoisotopic (exact) mass is 348 g/mol. The third-order valence-corrected chi connectivity index (χ3v) is 2.95. The molecule has 1 fully saturated rings. The highest BCUT2D eigenvalue weighted by Gasteiger charge is 2.19. The van der Waals surface area contributed by atoms with Crippen molar-refractivity contribution in [3.63, 3.8) is 0 Å².